The van der Waals surface area contributed by atoms with Gasteiger partial charge in [0, 0.05) is 12.1 Å². The van der Waals surface area contributed by atoms with Gasteiger partial charge in [-0.15, -0.1) is 0 Å². The second-order valence-corrected chi connectivity index (χ2v) is 5.19. The Bertz CT molecular complexity index is 701. The van der Waals surface area contributed by atoms with Gasteiger partial charge in [0.05, 0.1) is 12.1 Å². The first-order valence-electron chi connectivity index (χ1n) is 7.13. The predicted octanol–water partition coefficient (Wildman–Crippen LogP) is 0.688. The summed E-state index contributed by atoms with van der Waals surface area (Å²) in [5, 5.41) is 20.2. The second kappa shape index (κ2) is 6.99. The highest BCUT2D eigenvalue weighted by Gasteiger charge is 2.33. The van der Waals surface area contributed by atoms with Crippen LogP contribution in [0, 0.1) is 0 Å². The number of hydrogen-bond acceptors (Lipinski definition) is 5. The van der Waals surface area contributed by atoms with Crippen molar-refractivity contribution in [3.05, 3.63) is 18.2 Å². The second-order valence-electron chi connectivity index (χ2n) is 5.19. The van der Waals surface area contributed by atoms with Gasteiger partial charge >= 0.3 is 11.9 Å². The molecule has 9 heteroatoms. The fraction of sp³-hybridized carbons (Fsp3) is 0.333. The Kier molecular flexibility index (Phi) is 5.02. The number of nitrogens with zero attached hydrogens (tertiary/aromatic N) is 1. The summed E-state index contributed by atoms with van der Waals surface area (Å²) < 4.78 is 5.26. The molecular formula is C15H16N2O7. The lowest BCUT2D eigenvalue weighted by atomic mass is 10.1. The highest BCUT2D eigenvalue weighted by atomic mass is 16.5. The summed E-state index contributed by atoms with van der Waals surface area (Å²) in [6.45, 7) is 1.10. The van der Waals surface area contributed by atoms with Crippen LogP contribution in [0.3, 0.4) is 0 Å². The third-order valence-electron chi connectivity index (χ3n) is 3.43. The molecule has 1 aliphatic rings. The Morgan fingerprint density at radius 3 is 2.62 bits per heavy atom. The Balaban J connectivity index is 2.24. The maximum atomic E-state index is 12.0. The molecule has 0 saturated heterocycles. The van der Waals surface area contributed by atoms with E-state index in [2.05, 4.69) is 5.32 Å². The average molecular weight is 336 g/mol. The molecule has 0 saturated carbocycles. The van der Waals surface area contributed by atoms with Crippen molar-refractivity contribution in [2.75, 3.05) is 16.8 Å². The van der Waals surface area contributed by atoms with Crippen LogP contribution in [0.15, 0.2) is 18.2 Å². The third-order valence-corrected chi connectivity index (χ3v) is 3.43. The number of ether oxygens (including phenoxy) is 1. The van der Waals surface area contributed by atoms with Crippen LogP contribution in [0.4, 0.5) is 11.4 Å². The number of benzene rings is 1. The molecule has 1 aromatic carbocycles. The van der Waals surface area contributed by atoms with Crippen molar-refractivity contribution in [2.45, 2.75) is 25.8 Å². The standard InChI is InChI=1S/C15H16N2O7/c1-8(15(22)23)17-10-6-9(16-12(18)4-5-14(20)21)2-3-11(10)24-7-13(17)19/h2-3,6,8H,4-5,7H2,1H3,(H,16,18)(H,20,21)(H,22,23). The summed E-state index contributed by atoms with van der Waals surface area (Å²) in [4.78, 5) is 46.5. The van der Waals surface area contributed by atoms with Gasteiger partial charge in [0.15, 0.2) is 6.61 Å². The fourth-order valence-electron chi connectivity index (χ4n) is 2.23. The Morgan fingerprint density at radius 2 is 2.00 bits per heavy atom. The van der Waals surface area contributed by atoms with E-state index >= 15 is 0 Å². The lowest BCUT2D eigenvalue weighted by molar-refractivity contribution is -0.140. The number of rotatable bonds is 6. The summed E-state index contributed by atoms with van der Waals surface area (Å²) in [7, 11) is 0. The van der Waals surface area contributed by atoms with E-state index in [0.29, 0.717) is 11.4 Å². The number of fused-ring (bicyclic) bond motifs is 1. The first kappa shape index (κ1) is 17.3. The number of carboxylic acids is 2. The number of hydrogen-bond donors (Lipinski definition) is 3. The van der Waals surface area contributed by atoms with Gasteiger partial charge < -0.3 is 20.3 Å². The number of nitrogens with one attached hydrogen (secondary N) is 1. The molecule has 0 fully saturated rings. The highest BCUT2D eigenvalue weighted by molar-refractivity contribution is 6.03. The first-order chi connectivity index (χ1) is 11.3. The van der Waals surface area contributed by atoms with Crippen LogP contribution >= 0.6 is 0 Å². The minimum atomic E-state index is -1.17. The fourth-order valence-corrected chi connectivity index (χ4v) is 2.23. The summed E-state index contributed by atoms with van der Waals surface area (Å²) in [6.07, 6.45) is -0.502. The number of carbonyl (C=O) groups excluding carboxylic acids is 2. The lowest BCUT2D eigenvalue weighted by Crippen LogP contribution is -2.48. The van der Waals surface area contributed by atoms with Crippen LogP contribution < -0.4 is 15.0 Å². The molecule has 1 aliphatic heterocycles. The number of carboxylic acid groups (broad SMARTS) is 2. The van der Waals surface area contributed by atoms with Gasteiger partial charge in [-0.2, -0.15) is 0 Å². The van der Waals surface area contributed by atoms with Crippen LogP contribution in [-0.2, 0) is 19.2 Å². The summed E-state index contributed by atoms with van der Waals surface area (Å²) in [5.74, 6) is -2.95. The number of aliphatic carboxylic acids is 2. The number of anilines is 2. The Labute approximate surface area is 136 Å². The van der Waals surface area contributed by atoms with Crippen molar-refractivity contribution in [3.63, 3.8) is 0 Å². The largest absolute Gasteiger partial charge is 0.482 e. The van der Waals surface area contributed by atoms with Crippen LogP contribution in [0.2, 0.25) is 0 Å². The quantitative estimate of drug-likeness (QED) is 0.696. The Hall–Kier alpha value is -3.10. The number of amides is 2. The van der Waals surface area contributed by atoms with Crippen LogP contribution in [0.5, 0.6) is 5.75 Å². The molecular weight excluding hydrogens is 320 g/mol. The maximum absolute atomic E-state index is 12.0. The van der Waals surface area contributed by atoms with Crippen LogP contribution in [0.25, 0.3) is 0 Å². The number of carbonyl (C=O) groups is 4. The van der Waals surface area contributed by atoms with Crippen molar-refractivity contribution in [1.29, 1.82) is 0 Å². The van der Waals surface area contributed by atoms with Crippen LogP contribution in [0.1, 0.15) is 19.8 Å². The van der Waals surface area contributed by atoms with E-state index in [4.69, 9.17) is 14.9 Å². The predicted molar refractivity (Wildman–Crippen MR) is 82.0 cm³/mol. The molecule has 24 heavy (non-hydrogen) atoms. The third kappa shape index (κ3) is 3.80. The summed E-state index contributed by atoms with van der Waals surface area (Å²) in [6, 6.07) is 3.36. The average Bonchev–Trinajstić information content (AvgIpc) is 2.52. The zero-order chi connectivity index (χ0) is 17.9. The first-order valence-corrected chi connectivity index (χ1v) is 7.13. The molecule has 1 heterocycles. The maximum Gasteiger partial charge on any atom is 0.326 e. The molecule has 2 amide bonds. The van der Waals surface area contributed by atoms with E-state index in [9.17, 15) is 19.2 Å². The molecule has 1 aromatic rings. The van der Waals surface area contributed by atoms with E-state index in [1.807, 2.05) is 0 Å². The zero-order valence-electron chi connectivity index (χ0n) is 12.8. The molecule has 0 aliphatic carbocycles. The smallest absolute Gasteiger partial charge is 0.326 e. The van der Waals surface area contributed by atoms with Gasteiger partial charge in [-0.05, 0) is 25.1 Å². The van der Waals surface area contributed by atoms with E-state index in [1.165, 1.54) is 25.1 Å². The zero-order valence-corrected chi connectivity index (χ0v) is 12.8. The van der Waals surface area contributed by atoms with E-state index in [-0.39, 0.29) is 25.1 Å². The molecule has 1 unspecified atom stereocenters. The van der Waals surface area contributed by atoms with Crippen molar-refractivity contribution in [2.24, 2.45) is 0 Å². The molecule has 2 rings (SSSR count). The molecule has 0 bridgehead atoms. The molecule has 3 N–H and O–H groups in total. The molecule has 128 valence electrons. The molecule has 9 nitrogen and oxygen atoms in total. The van der Waals surface area contributed by atoms with Gasteiger partial charge in [-0.1, -0.05) is 0 Å². The highest BCUT2D eigenvalue weighted by Crippen LogP contribution is 2.35. The van der Waals surface area contributed by atoms with Crippen LogP contribution in [-0.4, -0.2) is 46.6 Å². The summed E-state index contributed by atoms with van der Waals surface area (Å²) in [5.41, 5.74) is 0.544. The molecule has 1 atom stereocenters. The minimum absolute atomic E-state index is 0.197. The van der Waals surface area contributed by atoms with Gasteiger partial charge in [0.25, 0.3) is 5.91 Å². The molecule has 0 aromatic heterocycles. The lowest BCUT2D eigenvalue weighted by Gasteiger charge is -2.32. The van der Waals surface area contributed by atoms with Gasteiger partial charge in [0.1, 0.15) is 11.8 Å². The van der Waals surface area contributed by atoms with Gasteiger partial charge in [0.2, 0.25) is 5.91 Å². The van der Waals surface area contributed by atoms with E-state index in [0.717, 1.165) is 4.90 Å². The SMILES string of the molecule is CC(C(=O)O)N1C(=O)COc2ccc(NC(=O)CCC(=O)O)cc21. The minimum Gasteiger partial charge on any atom is -0.482 e. The topological polar surface area (TPSA) is 133 Å². The summed E-state index contributed by atoms with van der Waals surface area (Å²) >= 11 is 0. The van der Waals surface area contributed by atoms with Crippen molar-refractivity contribution in [3.8, 4) is 5.75 Å². The van der Waals surface area contributed by atoms with E-state index in [1.54, 1.807) is 0 Å². The van der Waals surface area contributed by atoms with Crippen molar-refractivity contribution < 1.29 is 34.1 Å². The van der Waals surface area contributed by atoms with Crippen molar-refractivity contribution >= 4 is 35.1 Å². The van der Waals surface area contributed by atoms with E-state index < -0.39 is 29.8 Å². The van der Waals surface area contributed by atoms with Crippen molar-refractivity contribution in [1.82, 2.24) is 0 Å². The monoisotopic (exact) mass is 336 g/mol. The van der Waals surface area contributed by atoms with Gasteiger partial charge in [-0.3, -0.25) is 19.3 Å². The normalized spacial score (nSPS) is 14.4. The Morgan fingerprint density at radius 1 is 1.29 bits per heavy atom. The molecule has 0 radical (unpaired) electrons. The van der Waals surface area contributed by atoms with Gasteiger partial charge in [-0.25, -0.2) is 4.79 Å². The molecule has 0 spiro atoms.